The summed E-state index contributed by atoms with van der Waals surface area (Å²) in [5.74, 6) is 1.32. The Kier molecular flexibility index (Phi) is 5.49. The van der Waals surface area contributed by atoms with Crippen LogP contribution < -0.4 is 10.5 Å². The fourth-order valence-corrected chi connectivity index (χ4v) is 1.85. The standard InChI is InChI=1S/C12H19NO2S/c1-9(2)16-8-10(14)7-15-12-6-4-3-5-11(12)13/h3-6,9-10,14H,7-8,13H2,1-2H3. The third kappa shape index (κ3) is 4.77. The molecule has 0 aromatic heterocycles. The second-order valence-corrected chi connectivity index (χ2v) is 5.49. The van der Waals surface area contributed by atoms with E-state index in [9.17, 15) is 5.11 Å². The van der Waals surface area contributed by atoms with Crippen molar-refractivity contribution in [3.05, 3.63) is 24.3 Å². The number of aliphatic hydroxyl groups is 1. The summed E-state index contributed by atoms with van der Waals surface area (Å²) in [6.45, 7) is 4.49. The highest BCUT2D eigenvalue weighted by Crippen LogP contribution is 2.20. The van der Waals surface area contributed by atoms with Gasteiger partial charge in [-0.25, -0.2) is 0 Å². The van der Waals surface area contributed by atoms with E-state index in [1.165, 1.54) is 0 Å². The van der Waals surface area contributed by atoms with Crippen molar-refractivity contribution in [2.24, 2.45) is 0 Å². The first-order chi connectivity index (χ1) is 7.59. The Morgan fingerprint density at radius 2 is 2.06 bits per heavy atom. The third-order valence-electron chi connectivity index (χ3n) is 1.97. The van der Waals surface area contributed by atoms with Gasteiger partial charge in [0.2, 0.25) is 0 Å². The van der Waals surface area contributed by atoms with E-state index in [0.717, 1.165) is 0 Å². The van der Waals surface area contributed by atoms with Crippen LogP contribution in [0.15, 0.2) is 24.3 Å². The average molecular weight is 241 g/mol. The van der Waals surface area contributed by atoms with Crippen molar-refractivity contribution < 1.29 is 9.84 Å². The summed E-state index contributed by atoms with van der Waals surface area (Å²) in [4.78, 5) is 0. The molecule has 0 aliphatic carbocycles. The molecule has 0 radical (unpaired) electrons. The largest absolute Gasteiger partial charge is 0.489 e. The number of anilines is 1. The van der Waals surface area contributed by atoms with Gasteiger partial charge in [0, 0.05) is 5.75 Å². The molecule has 4 heteroatoms. The van der Waals surface area contributed by atoms with Crippen molar-refractivity contribution in [3.63, 3.8) is 0 Å². The summed E-state index contributed by atoms with van der Waals surface area (Å²) in [6.07, 6.45) is -0.452. The number of nitrogen functional groups attached to an aromatic ring is 1. The number of hydrogen-bond donors (Lipinski definition) is 2. The molecule has 0 aliphatic rings. The van der Waals surface area contributed by atoms with E-state index < -0.39 is 6.10 Å². The van der Waals surface area contributed by atoms with Crippen molar-refractivity contribution >= 4 is 17.4 Å². The zero-order valence-electron chi connectivity index (χ0n) is 9.72. The summed E-state index contributed by atoms with van der Waals surface area (Å²) in [7, 11) is 0. The van der Waals surface area contributed by atoms with E-state index in [-0.39, 0.29) is 6.61 Å². The molecule has 1 unspecified atom stereocenters. The molecule has 0 saturated heterocycles. The van der Waals surface area contributed by atoms with Crippen molar-refractivity contribution in [3.8, 4) is 5.75 Å². The Morgan fingerprint density at radius 1 is 1.38 bits per heavy atom. The molecule has 0 saturated carbocycles. The summed E-state index contributed by atoms with van der Waals surface area (Å²) in [6, 6.07) is 7.30. The average Bonchev–Trinajstić information content (AvgIpc) is 2.25. The Bertz CT molecular complexity index is 318. The highest BCUT2D eigenvalue weighted by molar-refractivity contribution is 7.99. The zero-order chi connectivity index (χ0) is 12.0. The van der Waals surface area contributed by atoms with Crippen LogP contribution in [0.2, 0.25) is 0 Å². The van der Waals surface area contributed by atoms with Crippen LogP contribution in [0, 0.1) is 0 Å². The van der Waals surface area contributed by atoms with Gasteiger partial charge in [-0.3, -0.25) is 0 Å². The predicted molar refractivity (Wildman–Crippen MR) is 70.0 cm³/mol. The fraction of sp³-hybridized carbons (Fsp3) is 0.500. The van der Waals surface area contributed by atoms with Crippen LogP contribution >= 0.6 is 11.8 Å². The quantitative estimate of drug-likeness (QED) is 0.749. The molecule has 0 spiro atoms. The molecule has 0 aliphatic heterocycles. The third-order valence-corrected chi connectivity index (χ3v) is 3.22. The Hall–Kier alpha value is -0.870. The van der Waals surface area contributed by atoms with Gasteiger partial charge in [-0.1, -0.05) is 26.0 Å². The maximum absolute atomic E-state index is 9.66. The van der Waals surface area contributed by atoms with Gasteiger partial charge in [0.15, 0.2) is 0 Å². The molecular weight excluding hydrogens is 222 g/mol. The van der Waals surface area contributed by atoms with Crippen molar-refractivity contribution in [2.45, 2.75) is 25.2 Å². The number of thioether (sulfide) groups is 1. The minimum Gasteiger partial charge on any atom is -0.489 e. The van der Waals surface area contributed by atoms with E-state index in [1.807, 2.05) is 12.1 Å². The van der Waals surface area contributed by atoms with Crippen LogP contribution in [0.4, 0.5) is 5.69 Å². The molecule has 1 aromatic carbocycles. The maximum Gasteiger partial charge on any atom is 0.142 e. The van der Waals surface area contributed by atoms with E-state index in [2.05, 4.69) is 13.8 Å². The number of benzene rings is 1. The minimum atomic E-state index is -0.452. The Labute approximate surface area is 101 Å². The molecule has 3 N–H and O–H groups in total. The highest BCUT2D eigenvalue weighted by atomic mass is 32.2. The second-order valence-electron chi connectivity index (χ2n) is 3.88. The fourth-order valence-electron chi connectivity index (χ4n) is 1.15. The van der Waals surface area contributed by atoms with Crippen LogP contribution in [0.25, 0.3) is 0 Å². The van der Waals surface area contributed by atoms with Crippen LogP contribution in [0.5, 0.6) is 5.75 Å². The van der Waals surface area contributed by atoms with Crippen molar-refractivity contribution in [1.29, 1.82) is 0 Å². The lowest BCUT2D eigenvalue weighted by molar-refractivity contribution is 0.127. The van der Waals surface area contributed by atoms with E-state index in [1.54, 1.807) is 23.9 Å². The van der Waals surface area contributed by atoms with Gasteiger partial charge >= 0.3 is 0 Å². The van der Waals surface area contributed by atoms with E-state index in [4.69, 9.17) is 10.5 Å². The van der Waals surface area contributed by atoms with Crippen molar-refractivity contribution in [1.82, 2.24) is 0 Å². The summed E-state index contributed by atoms with van der Waals surface area (Å²) in [5, 5.41) is 10.2. The van der Waals surface area contributed by atoms with E-state index >= 15 is 0 Å². The van der Waals surface area contributed by atoms with Crippen LogP contribution in [0.1, 0.15) is 13.8 Å². The van der Waals surface area contributed by atoms with Gasteiger partial charge in [-0.2, -0.15) is 11.8 Å². The van der Waals surface area contributed by atoms with E-state index in [0.29, 0.717) is 22.4 Å². The minimum absolute atomic E-state index is 0.286. The Balaban J connectivity index is 2.31. The number of rotatable bonds is 6. The molecule has 1 aromatic rings. The molecule has 16 heavy (non-hydrogen) atoms. The Morgan fingerprint density at radius 3 is 2.69 bits per heavy atom. The molecule has 1 rings (SSSR count). The maximum atomic E-state index is 9.66. The monoisotopic (exact) mass is 241 g/mol. The molecule has 3 nitrogen and oxygen atoms in total. The number of aliphatic hydroxyl groups excluding tert-OH is 1. The van der Waals surface area contributed by atoms with Gasteiger partial charge in [-0.15, -0.1) is 0 Å². The second kappa shape index (κ2) is 6.66. The first kappa shape index (κ1) is 13.2. The first-order valence-corrected chi connectivity index (χ1v) is 6.41. The molecular formula is C12H19NO2S. The molecule has 0 bridgehead atoms. The SMILES string of the molecule is CC(C)SCC(O)COc1ccccc1N. The lowest BCUT2D eigenvalue weighted by Crippen LogP contribution is -2.21. The van der Waals surface area contributed by atoms with Crippen molar-refractivity contribution in [2.75, 3.05) is 18.1 Å². The van der Waals surface area contributed by atoms with Crippen LogP contribution in [-0.2, 0) is 0 Å². The smallest absolute Gasteiger partial charge is 0.142 e. The number of para-hydroxylation sites is 2. The number of hydrogen-bond acceptors (Lipinski definition) is 4. The lowest BCUT2D eigenvalue weighted by Gasteiger charge is -2.14. The normalized spacial score (nSPS) is 12.8. The molecule has 1 atom stereocenters. The molecule has 90 valence electrons. The molecule has 0 heterocycles. The lowest BCUT2D eigenvalue weighted by atomic mass is 10.3. The van der Waals surface area contributed by atoms with Gasteiger partial charge in [0.25, 0.3) is 0 Å². The number of ether oxygens (including phenoxy) is 1. The van der Waals surface area contributed by atoms with Gasteiger partial charge in [-0.05, 0) is 17.4 Å². The topological polar surface area (TPSA) is 55.5 Å². The first-order valence-electron chi connectivity index (χ1n) is 5.36. The van der Waals surface area contributed by atoms with Crippen LogP contribution in [0.3, 0.4) is 0 Å². The zero-order valence-corrected chi connectivity index (χ0v) is 10.5. The summed E-state index contributed by atoms with van der Waals surface area (Å²) in [5.41, 5.74) is 6.32. The summed E-state index contributed by atoms with van der Waals surface area (Å²) >= 11 is 1.72. The van der Waals surface area contributed by atoms with Gasteiger partial charge in [0.05, 0.1) is 11.8 Å². The molecule has 0 fully saturated rings. The summed E-state index contributed by atoms with van der Waals surface area (Å²) < 4.78 is 5.44. The number of nitrogens with two attached hydrogens (primary N) is 1. The molecule has 0 amide bonds. The van der Waals surface area contributed by atoms with Gasteiger partial charge in [0.1, 0.15) is 12.4 Å². The highest BCUT2D eigenvalue weighted by Gasteiger charge is 2.07. The van der Waals surface area contributed by atoms with Crippen LogP contribution in [-0.4, -0.2) is 28.8 Å². The van der Waals surface area contributed by atoms with Gasteiger partial charge < -0.3 is 15.6 Å². The predicted octanol–water partition coefficient (Wildman–Crippen LogP) is 2.15.